The van der Waals surface area contributed by atoms with Gasteiger partial charge in [-0.15, -0.1) is 23.7 Å². The van der Waals surface area contributed by atoms with Crippen LogP contribution in [-0.2, 0) is 0 Å². The fourth-order valence-corrected chi connectivity index (χ4v) is 2.90. The maximum atomic E-state index is 12.2. The van der Waals surface area contributed by atoms with Crippen LogP contribution in [0.4, 0.5) is 0 Å². The van der Waals surface area contributed by atoms with Gasteiger partial charge in [0.2, 0.25) is 0 Å². The number of hydrogen-bond acceptors (Lipinski definition) is 4. The van der Waals surface area contributed by atoms with E-state index in [9.17, 15) is 4.79 Å². The van der Waals surface area contributed by atoms with Crippen molar-refractivity contribution in [3.05, 3.63) is 14.7 Å². The van der Waals surface area contributed by atoms with Gasteiger partial charge in [0, 0.05) is 12.6 Å². The summed E-state index contributed by atoms with van der Waals surface area (Å²) in [6.45, 7) is 6.44. The Morgan fingerprint density at radius 3 is 2.58 bits per heavy atom. The summed E-state index contributed by atoms with van der Waals surface area (Å²) in [4.78, 5) is 12.8. The van der Waals surface area contributed by atoms with Crippen LogP contribution in [0, 0.1) is 5.92 Å². The second-order valence-electron chi connectivity index (χ2n) is 4.68. The number of amides is 1. The summed E-state index contributed by atoms with van der Waals surface area (Å²) >= 11 is 4.71. The minimum atomic E-state index is -0.402. The number of nitrogens with one attached hydrogen (secondary N) is 1. The second-order valence-corrected chi connectivity index (χ2v) is 7.05. The van der Waals surface area contributed by atoms with Gasteiger partial charge in [0.25, 0.3) is 5.91 Å². The van der Waals surface area contributed by atoms with Crippen LogP contribution in [-0.4, -0.2) is 25.1 Å². The van der Waals surface area contributed by atoms with Crippen LogP contribution in [0.1, 0.15) is 30.4 Å². The minimum absolute atomic E-state index is 0. The number of hydrogen-bond donors (Lipinski definition) is 2. The van der Waals surface area contributed by atoms with E-state index in [1.165, 1.54) is 11.3 Å². The van der Waals surface area contributed by atoms with Crippen molar-refractivity contribution in [2.75, 3.05) is 13.7 Å². The van der Waals surface area contributed by atoms with E-state index in [-0.39, 0.29) is 24.2 Å². The van der Waals surface area contributed by atoms with Gasteiger partial charge >= 0.3 is 0 Å². The summed E-state index contributed by atoms with van der Waals surface area (Å²) in [7, 11) is 1.58. The fraction of sp³-hybridized carbons (Fsp3) is 0.583. The molecule has 19 heavy (non-hydrogen) atoms. The highest BCUT2D eigenvalue weighted by atomic mass is 79.9. The molecule has 7 heteroatoms. The topological polar surface area (TPSA) is 64.3 Å². The molecule has 1 rings (SSSR count). The zero-order valence-electron chi connectivity index (χ0n) is 11.5. The molecule has 0 radical (unpaired) electrons. The number of methoxy groups -OCH3 is 1. The van der Waals surface area contributed by atoms with Gasteiger partial charge in [0.05, 0.1) is 17.5 Å². The van der Waals surface area contributed by atoms with E-state index in [1.807, 2.05) is 20.8 Å². The molecule has 1 amide bonds. The molecule has 0 bridgehead atoms. The smallest absolute Gasteiger partial charge is 0.262 e. The van der Waals surface area contributed by atoms with Gasteiger partial charge in [0.1, 0.15) is 9.54 Å². The van der Waals surface area contributed by atoms with Crippen molar-refractivity contribution in [1.82, 2.24) is 5.32 Å². The van der Waals surface area contributed by atoms with E-state index >= 15 is 0 Å². The van der Waals surface area contributed by atoms with Crippen LogP contribution in [0.15, 0.2) is 9.85 Å². The number of rotatable bonds is 5. The van der Waals surface area contributed by atoms with E-state index in [1.54, 1.807) is 13.2 Å². The molecule has 1 atom stereocenters. The van der Waals surface area contributed by atoms with Crippen LogP contribution in [0.25, 0.3) is 0 Å². The van der Waals surface area contributed by atoms with Crippen molar-refractivity contribution < 1.29 is 9.53 Å². The SMILES string of the molecule is COc1cc(C(=O)NC(C)(CN)C(C)C)sc1Br.Cl. The molecule has 0 aliphatic carbocycles. The summed E-state index contributed by atoms with van der Waals surface area (Å²) in [5, 5.41) is 2.99. The van der Waals surface area contributed by atoms with Crippen LogP contribution in [0.3, 0.4) is 0 Å². The monoisotopic (exact) mass is 370 g/mol. The molecule has 1 aromatic heterocycles. The molecule has 0 aromatic carbocycles. The molecule has 0 saturated carbocycles. The largest absolute Gasteiger partial charge is 0.495 e. The maximum Gasteiger partial charge on any atom is 0.262 e. The molecule has 110 valence electrons. The lowest BCUT2D eigenvalue weighted by atomic mass is 9.88. The van der Waals surface area contributed by atoms with E-state index in [0.717, 1.165) is 3.79 Å². The van der Waals surface area contributed by atoms with Crippen molar-refractivity contribution in [3.63, 3.8) is 0 Å². The Balaban J connectivity index is 0.00000324. The standard InChI is InChI=1S/C12H19BrN2O2S.ClH/c1-7(2)12(3,6-14)15-11(16)9-5-8(17-4)10(13)18-9;/h5,7H,6,14H2,1-4H3,(H,15,16);1H. The molecule has 1 aromatic rings. The zero-order chi connectivity index (χ0) is 13.9. The molecule has 0 aliphatic heterocycles. The first-order valence-electron chi connectivity index (χ1n) is 5.70. The third-order valence-corrected chi connectivity index (χ3v) is 4.98. The molecular formula is C12H20BrClN2O2S. The third kappa shape index (κ3) is 4.34. The summed E-state index contributed by atoms with van der Waals surface area (Å²) in [6.07, 6.45) is 0. The van der Waals surface area contributed by atoms with Crippen molar-refractivity contribution in [2.45, 2.75) is 26.3 Å². The van der Waals surface area contributed by atoms with Crippen molar-refractivity contribution >= 4 is 45.6 Å². The molecule has 0 saturated heterocycles. The van der Waals surface area contributed by atoms with Gasteiger partial charge in [-0.25, -0.2) is 0 Å². The Kier molecular flexibility index (Phi) is 7.36. The second kappa shape index (κ2) is 7.47. The first-order valence-corrected chi connectivity index (χ1v) is 7.31. The van der Waals surface area contributed by atoms with Crippen molar-refractivity contribution in [1.29, 1.82) is 0 Å². The van der Waals surface area contributed by atoms with Gasteiger partial charge in [-0.05, 0) is 28.8 Å². The zero-order valence-corrected chi connectivity index (χ0v) is 14.7. The predicted octanol–water partition coefficient (Wildman–Crippen LogP) is 3.04. The molecule has 0 aliphatic rings. The average molecular weight is 372 g/mol. The molecule has 4 nitrogen and oxygen atoms in total. The molecule has 1 heterocycles. The summed E-state index contributed by atoms with van der Waals surface area (Å²) < 4.78 is 5.95. The number of carbonyl (C=O) groups excluding carboxylic acids is 1. The highest BCUT2D eigenvalue weighted by Gasteiger charge is 2.29. The highest BCUT2D eigenvalue weighted by Crippen LogP contribution is 2.34. The Morgan fingerprint density at radius 1 is 1.63 bits per heavy atom. The summed E-state index contributed by atoms with van der Waals surface area (Å²) in [5.74, 6) is 0.812. The quantitative estimate of drug-likeness (QED) is 0.836. The number of thiophene rings is 1. The van der Waals surface area contributed by atoms with Crippen LogP contribution in [0.5, 0.6) is 5.75 Å². The lowest BCUT2D eigenvalue weighted by molar-refractivity contribution is 0.0887. The number of ether oxygens (including phenoxy) is 1. The molecule has 0 fully saturated rings. The molecule has 3 N–H and O–H groups in total. The fourth-order valence-electron chi connectivity index (χ4n) is 1.36. The lowest BCUT2D eigenvalue weighted by Crippen LogP contribution is -2.54. The van der Waals surface area contributed by atoms with E-state index < -0.39 is 5.54 Å². The van der Waals surface area contributed by atoms with Crippen LogP contribution >= 0.6 is 39.7 Å². The van der Waals surface area contributed by atoms with E-state index in [2.05, 4.69) is 21.2 Å². The summed E-state index contributed by atoms with van der Waals surface area (Å²) in [5.41, 5.74) is 5.35. The van der Waals surface area contributed by atoms with Crippen molar-refractivity contribution in [2.24, 2.45) is 11.7 Å². The van der Waals surface area contributed by atoms with Gasteiger partial charge in [0.15, 0.2) is 0 Å². The molecule has 0 spiro atoms. The molecular weight excluding hydrogens is 352 g/mol. The Hall–Kier alpha value is -0.300. The van der Waals surface area contributed by atoms with Gasteiger partial charge in [-0.3, -0.25) is 4.79 Å². The lowest BCUT2D eigenvalue weighted by Gasteiger charge is -2.33. The normalized spacial score (nSPS) is 13.6. The number of nitrogens with two attached hydrogens (primary N) is 1. The van der Waals surface area contributed by atoms with Crippen LogP contribution < -0.4 is 15.8 Å². The number of carbonyl (C=O) groups is 1. The van der Waals surface area contributed by atoms with Gasteiger partial charge in [-0.1, -0.05) is 13.8 Å². The Labute approximate surface area is 132 Å². The third-order valence-electron chi connectivity index (χ3n) is 3.20. The Morgan fingerprint density at radius 2 is 2.21 bits per heavy atom. The van der Waals surface area contributed by atoms with Gasteiger partial charge in [-0.2, -0.15) is 0 Å². The summed E-state index contributed by atoms with van der Waals surface area (Å²) in [6, 6.07) is 1.72. The van der Waals surface area contributed by atoms with Crippen molar-refractivity contribution in [3.8, 4) is 5.75 Å². The van der Waals surface area contributed by atoms with Gasteiger partial charge < -0.3 is 15.8 Å². The van der Waals surface area contributed by atoms with E-state index in [4.69, 9.17) is 10.5 Å². The maximum absolute atomic E-state index is 12.2. The number of halogens is 2. The first-order chi connectivity index (χ1) is 8.34. The predicted molar refractivity (Wildman–Crippen MR) is 85.6 cm³/mol. The van der Waals surface area contributed by atoms with Crippen LogP contribution in [0.2, 0.25) is 0 Å². The first kappa shape index (κ1) is 18.7. The average Bonchev–Trinajstić information content (AvgIpc) is 2.70. The molecule has 1 unspecified atom stereocenters. The minimum Gasteiger partial charge on any atom is -0.495 e. The van der Waals surface area contributed by atoms with E-state index in [0.29, 0.717) is 17.2 Å². The Bertz CT molecular complexity index is 439. The highest BCUT2D eigenvalue weighted by molar-refractivity contribution is 9.11.